The van der Waals surface area contributed by atoms with E-state index in [9.17, 15) is 4.79 Å². The zero-order chi connectivity index (χ0) is 14.8. The number of fused-ring (bicyclic) bond motifs is 1. The molecule has 110 valence electrons. The first-order chi connectivity index (χ1) is 10.1. The van der Waals surface area contributed by atoms with E-state index in [4.69, 9.17) is 0 Å². The number of carbonyl (C=O) groups is 1. The van der Waals surface area contributed by atoms with Gasteiger partial charge in [-0.15, -0.1) is 0 Å². The van der Waals surface area contributed by atoms with E-state index in [0.717, 1.165) is 30.6 Å². The van der Waals surface area contributed by atoms with Crippen molar-refractivity contribution in [1.82, 2.24) is 15.5 Å². The summed E-state index contributed by atoms with van der Waals surface area (Å²) in [6, 6.07) is 7.84. The molecule has 21 heavy (non-hydrogen) atoms. The van der Waals surface area contributed by atoms with Gasteiger partial charge in [-0.1, -0.05) is 0 Å². The summed E-state index contributed by atoms with van der Waals surface area (Å²) in [6.07, 6.45) is 4.65. The number of benzene rings is 1. The van der Waals surface area contributed by atoms with Crippen LogP contribution < -0.4 is 10.2 Å². The Morgan fingerprint density at radius 3 is 2.81 bits per heavy atom. The maximum Gasteiger partial charge on any atom is 0.251 e. The number of amides is 1. The summed E-state index contributed by atoms with van der Waals surface area (Å²) in [5.41, 5.74) is 4.22. The van der Waals surface area contributed by atoms with Gasteiger partial charge in [-0.05, 0) is 42.7 Å². The molecular formula is C16H20N4O. The molecule has 0 saturated heterocycles. The van der Waals surface area contributed by atoms with Crippen LogP contribution >= 0.6 is 0 Å². The van der Waals surface area contributed by atoms with Gasteiger partial charge in [0.2, 0.25) is 0 Å². The van der Waals surface area contributed by atoms with Crippen LogP contribution in [0.1, 0.15) is 28.0 Å². The minimum atomic E-state index is -0.00623. The van der Waals surface area contributed by atoms with Crippen LogP contribution in [0.15, 0.2) is 30.5 Å². The van der Waals surface area contributed by atoms with Gasteiger partial charge in [-0.25, -0.2) is 0 Å². The van der Waals surface area contributed by atoms with Crippen LogP contribution in [0.5, 0.6) is 0 Å². The minimum Gasteiger partial charge on any atom is -0.378 e. The van der Waals surface area contributed by atoms with E-state index in [1.54, 1.807) is 0 Å². The summed E-state index contributed by atoms with van der Waals surface area (Å²) >= 11 is 0. The number of rotatable bonds is 3. The zero-order valence-electron chi connectivity index (χ0n) is 12.4. The molecule has 1 aliphatic carbocycles. The molecule has 0 aliphatic heterocycles. The van der Waals surface area contributed by atoms with E-state index in [0.29, 0.717) is 5.56 Å². The Kier molecular flexibility index (Phi) is 3.64. The summed E-state index contributed by atoms with van der Waals surface area (Å²) in [5.74, 6) is -0.00623. The van der Waals surface area contributed by atoms with E-state index in [1.165, 1.54) is 5.56 Å². The number of H-pyrrole nitrogens is 1. The van der Waals surface area contributed by atoms with Gasteiger partial charge in [-0.2, -0.15) is 5.10 Å². The molecule has 2 N–H and O–H groups in total. The van der Waals surface area contributed by atoms with Crippen LogP contribution in [0.25, 0.3) is 0 Å². The van der Waals surface area contributed by atoms with Gasteiger partial charge in [0, 0.05) is 43.5 Å². The molecule has 1 aliphatic rings. The highest BCUT2D eigenvalue weighted by Crippen LogP contribution is 2.19. The maximum atomic E-state index is 12.3. The smallest absolute Gasteiger partial charge is 0.251 e. The summed E-state index contributed by atoms with van der Waals surface area (Å²) in [6.45, 7) is 0. The molecule has 0 fully saturated rings. The Balaban J connectivity index is 1.64. The van der Waals surface area contributed by atoms with Crippen LogP contribution in [-0.2, 0) is 12.8 Å². The van der Waals surface area contributed by atoms with Crippen LogP contribution in [-0.4, -0.2) is 36.2 Å². The number of anilines is 1. The molecule has 0 radical (unpaired) electrons. The molecule has 1 amide bonds. The van der Waals surface area contributed by atoms with Crippen molar-refractivity contribution in [3.8, 4) is 0 Å². The molecule has 1 atom stereocenters. The topological polar surface area (TPSA) is 61.0 Å². The van der Waals surface area contributed by atoms with Crippen LogP contribution in [0, 0.1) is 0 Å². The molecule has 1 aromatic carbocycles. The van der Waals surface area contributed by atoms with Crippen LogP contribution in [0.2, 0.25) is 0 Å². The van der Waals surface area contributed by atoms with Crippen molar-refractivity contribution in [3.05, 3.63) is 47.3 Å². The molecule has 2 aromatic rings. The quantitative estimate of drug-likeness (QED) is 0.903. The van der Waals surface area contributed by atoms with Crippen molar-refractivity contribution in [2.75, 3.05) is 19.0 Å². The first-order valence-corrected chi connectivity index (χ1v) is 7.23. The van der Waals surface area contributed by atoms with Crippen LogP contribution in [0.3, 0.4) is 0 Å². The molecule has 1 unspecified atom stereocenters. The first kappa shape index (κ1) is 13.7. The van der Waals surface area contributed by atoms with Crippen molar-refractivity contribution >= 4 is 11.6 Å². The molecule has 0 saturated carbocycles. The predicted molar refractivity (Wildman–Crippen MR) is 82.6 cm³/mol. The molecule has 1 heterocycles. The summed E-state index contributed by atoms with van der Waals surface area (Å²) in [7, 11) is 3.97. The van der Waals surface area contributed by atoms with E-state index in [1.807, 2.05) is 49.5 Å². The van der Waals surface area contributed by atoms with Gasteiger partial charge >= 0.3 is 0 Å². The summed E-state index contributed by atoms with van der Waals surface area (Å²) in [4.78, 5) is 14.3. The van der Waals surface area contributed by atoms with Gasteiger partial charge in [0.1, 0.15) is 0 Å². The van der Waals surface area contributed by atoms with Gasteiger partial charge in [0.05, 0.1) is 6.20 Å². The second kappa shape index (κ2) is 5.60. The lowest BCUT2D eigenvalue weighted by molar-refractivity contribution is 0.0933. The number of hydrogen-bond acceptors (Lipinski definition) is 3. The van der Waals surface area contributed by atoms with E-state index >= 15 is 0 Å². The standard InChI is InChI=1S/C16H20N4O/c1-20(2)14-7-4-11(5-8-14)16(21)18-13-6-3-12-10-17-19-15(12)9-13/h4-5,7-8,10,13H,3,6,9H2,1-2H3,(H,17,19)(H,18,21). The van der Waals surface area contributed by atoms with Crippen molar-refractivity contribution in [2.24, 2.45) is 0 Å². The molecule has 0 spiro atoms. The van der Waals surface area contributed by atoms with Crippen molar-refractivity contribution in [3.63, 3.8) is 0 Å². The van der Waals surface area contributed by atoms with Crippen molar-refractivity contribution in [1.29, 1.82) is 0 Å². The average Bonchev–Trinajstić information content (AvgIpc) is 2.95. The maximum absolute atomic E-state index is 12.3. The molecule has 5 nitrogen and oxygen atoms in total. The summed E-state index contributed by atoms with van der Waals surface area (Å²) < 4.78 is 0. The monoisotopic (exact) mass is 284 g/mol. The van der Waals surface area contributed by atoms with Gasteiger partial charge in [0.25, 0.3) is 5.91 Å². The Morgan fingerprint density at radius 2 is 2.10 bits per heavy atom. The zero-order valence-corrected chi connectivity index (χ0v) is 12.4. The fourth-order valence-electron chi connectivity index (χ4n) is 2.71. The number of aromatic nitrogens is 2. The number of hydrogen-bond donors (Lipinski definition) is 2. The molecule has 0 bridgehead atoms. The highest BCUT2D eigenvalue weighted by Gasteiger charge is 2.21. The fraction of sp³-hybridized carbons (Fsp3) is 0.375. The normalized spacial score (nSPS) is 17.1. The number of nitrogens with one attached hydrogen (secondary N) is 2. The number of aryl methyl sites for hydroxylation is 1. The van der Waals surface area contributed by atoms with Gasteiger partial charge in [0.15, 0.2) is 0 Å². The Labute approximate surface area is 124 Å². The van der Waals surface area contributed by atoms with E-state index < -0.39 is 0 Å². The molecular weight excluding hydrogens is 264 g/mol. The third-order valence-corrected chi connectivity index (χ3v) is 4.00. The third kappa shape index (κ3) is 2.91. The Morgan fingerprint density at radius 1 is 1.33 bits per heavy atom. The van der Waals surface area contributed by atoms with Crippen LogP contribution in [0.4, 0.5) is 5.69 Å². The van der Waals surface area contributed by atoms with E-state index in [2.05, 4.69) is 15.5 Å². The number of nitrogens with zero attached hydrogens (tertiary/aromatic N) is 2. The highest BCUT2D eigenvalue weighted by atomic mass is 16.1. The second-order valence-corrected chi connectivity index (χ2v) is 5.73. The number of carbonyl (C=O) groups excluding carboxylic acids is 1. The number of aromatic amines is 1. The Bertz CT molecular complexity index is 630. The lowest BCUT2D eigenvalue weighted by atomic mass is 9.93. The first-order valence-electron chi connectivity index (χ1n) is 7.23. The van der Waals surface area contributed by atoms with Crippen molar-refractivity contribution < 1.29 is 4.79 Å². The fourth-order valence-corrected chi connectivity index (χ4v) is 2.71. The van der Waals surface area contributed by atoms with Gasteiger partial charge < -0.3 is 10.2 Å². The molecule has 3 rings (SSSR count). The highest BCUT2D eigenvalue weighted by molar-refractivity contribution is 5.94. The lowest BCUT2D eigenvalue weighted by Gasteiger charge is -2.23. The average molecular weight is 284 g/mol. The second-order valence-electron chi connectivity index (χ2n) is 5.73. The Hall–Kier alpha value is -2.30. The largest absolute Gasteiger partial charge is 0.378 e. The summed E-state index contributed by atoms with van der Waals surface area (Å²) in [5, 5.41) is 10.2. The molecule has 1 aromatic heterocycles. The minimum absolute atomic E-state index is 0.00623. The third-order valence-electron chi connectivity index (χ3n) is 4.00. The SMILES string of the molecule is CN(C)c1ccc(C(=O)NC2CCc3cn[nH]c3C2)cc1. The predicted octanol–water partition coefficient (Wildman–Crippen LogP) is 1.76. The van der Waals surface area contributed by atoms with E-state index in [-0.39, 0.29) is 11.9 Å². The molecule has 5 heteroatoms. The van der Waals surface area contributed by atoms with Crippen molar-refractivity contribution in [2.45, 2.75) is 25.3 Å². The lowest BCUT2D eigenvalue weighted by Crippen LogP contribution is -2.38. The van der Waals surface area contributed by atoms with Gasteiger partial charge in [-0.3, -0.25) is 9.89 Å².